The molecule has 1 aromatic heterocycles. The molecule has 0 fully saturated rings. The van der Waals surface area contributed by atoms with Crippen molar-refractivity contribution in [2.24, 2.45) is 0 Å². The Morgan fingerprint density at radius 1 is 0.473 bits per heavy atom. The molecular weight excluding hydrogens is 667 g/mol. The van der Waals surface area contributed by atoms with E-state index in [9.17, 15) is 0 Å². The summed E-state index contributed by atoms with van der Waals surface area (Å²) in [6.07, 6.45) is 1.87. The van der Waals surface area contributed by atoms with Crippen LogP contribution in [0.5, 0.6) is 0 Å². The maximum absolute atomic E-state index is 6.67. The molecule has 0 radical (unpaired) electrons. The Balaban J connectivity index is 1.26. The molecular formula is C53H37NO. The van der Waals surface area contributed by atoms with Gasteiger partial charge in [-0.25, -0.2) is 0 Å². The van der Waals surface area contributed by atoms with Gasteiger partial charge < -0.3 is 9.32 Å². The molecule has 1 aliphatic rings. The Hall–Kier alpha value is -6.90. The van der Waals surface area contributed by atoms with Crippen LogP contribution in [0.3, 0.4) is 0 Å². The van der Waals surface area contributed by atoms with Crippen LogP contribution in [0.2, 0.25) is 0 Å². The molecule has 260 valence electrons. The number of aryl methyl sites for hydroxylation is 1. The minimum Gasteiger partial charge on any atom is -0.456 e. The van der Waals surface area contributed by atoms with E-state index in [2.05, 4.69) is 199 Å². The number of benzene rings is 9. The number of hydrogen-bond donors (Lipinski definition) is 0. The highest BCUT2D eigenvalue weighted by molar-refractivity contribution is 6.17. The van der Waals surface area contributed by atoms with Crippen molar-refractivity contribution in [2.75, 3.05) is 4.90 Å². The first-order valence-corrected chi connectivity index (χ1v) is 19.3. The summed E-state index contributed by atoms with van der Waals surface area (Å²) in [6.45, 7) is 0. The number of para-hydroxylation sites is 2. The Morgan fingerprint density at radius 2 is 1.15 bits per heavy atom. The molecule has 55 heavy (non-hydrogen) atoms. The average Bonchev–Trinajstić information content (AvgIpc) is 3.53. The minimum atomic E-state index is 0.126. The molecule has 2 heteroatoms. The van der Waals surface area contributed by atoms with Crippen LogP contribution in [0.4, 0.5) is 17.1 Å². The maximum atomic E-state index is 6.67. The van der Waals surface area contributed by atoms with E-state index in [0.717, 1.165) is 40.8 Å². The zero-order chi connectivity index (χ0) is 36.3. The zero-order valence-corrected chi connectivity index (χ0v) is 30.3. The summed E-state index contributed by atoms with van der Waals surface area (Å²) in [5.41, 5.74) is 14.4. The molecule has 2 nitrogen and oxygen atoms in total. The predicted octanol–water partition coefficient (Wildman–Crippen LogP) is 14.8. The van der Waals surface area contributed by atoms with Crippen molar-refractivity contribution < 1.29 is 4.42 Å². The first kappa shape index (κ1) is 31.6. The van der Waals surface area contributed by atoms with Gasteiger partial charge in [-0.2, -0.15) is 0 Å². The third-order valence-electron chi connectivity index (χ3n) is 11.6. The van der Waals surface area contributed by atoms with Crippen molar-refractivity contribution in [3.63, 3.8) is 0 Å². The van der Waals surface area contributed by atoms with Gasteiger partial charge in [0, 0.05) is 33.6 Å². The lowest BCUT2D eigenvalue weighted by Crippen LogP contribution is -2.15. The van der Waals surface area contributed by atoms with Crippen LogP contribution in [0, 0.1) is 0 Å². The second kappa shape index (κ2) is 12.9. The van der Waals surface area contributed by atoms with E-state index in [1.807, 2.05) is 0 Å². The van der Waals surface area contributed by atoms with Crippen molar-refractivity contribution in [2.45, 2.75) is 18.8 Å². The van der Waals surface area contributed by atoms with Gasteiger partial charge in [-0.1, -0.05) is 152 Å². The molecule has 0 saturated carbocycles. The topological polar surface area (TPSA) is 16.4 Å². The van der Waals surface area contributed by atoms with Crippen molar-refractivity contribution >= 4 is 60.5 Å². The van der Waals surface area contributed by atoms with E-state index in [1.54, 1.807) is 0 Å². The first-order valence-electron chi connectivity index (χ1n) is 19.3. The highest BCUT2D eigenvalue weighted by Crippen LogP contribution is 2.53. The fraction of sp³-hybridized carbons (Fsp3) is 0.0566. The monoisotopic (exact) mass is 703 g/mol. The van der Waals surface area contributed by atoms with E-state index in [4.69, 9.17) is 4.42 Å². The van der Waals surface area contributed by atoms with Gasteiger partial charge in [0.05, 0.1) is 5.69 Å². The zero-order valence-electron chi connectivity index (χ0n) is 30.3. The van der Waals surface area contributed by atoms with Crippen LogP contribution in [0.15, 0.2) is 199 Å². The molecule has 11 rings (SSSR count). The van der Waals surface area contributed by atoms with Gasteiger partial charge in [0.2, 0.25) is 0 Å². The summed E-state index contributed by atoms with van der Waals surface area (Å²) in [4.78, 5) is 2.48. The molecule has 0 amide bonds. The summed E-state index contributed by atoms with van der Waals surface area (Å²) in [5, 5.41) is 7.31. The standard InChI is InChI=1S/C53H37NO/c1-3-16-37(17-4-1)51-50-41(34-49-53(51)45-22-11-12-25-48(45)55-49)29-31-44(40-27-26-35-14-7-9-18-38(35)32-40)52-46(50)23-13-24-47(52)54(42-20-5-2-6-21-42)43-30-28-36-15-8-10-19-39(36)33-43/h1-28,30,32-34,44H,29,31H2. The van der Waals surface area contributed by atoms with E-state index < -0.39 is 0 Å². The van der Waals surface area contributed by atoms with Crippen LogP contribution in [-0.2, 0) is 6.42 Å². The van der Waals surface area contributed by atoms with Crippen molar-refractivity contribution in [1.29, 1.82) is 0 Å². The molecule has 1 unspecified atom stereocenters. The fourth-order valence-electron chi connectivity index (χ4n) is 9.19. The Kier molecular flexibility index (Phi) is 7.41. The van der Waals surface area contributed by atoms with Gasteiger partial charge in [0.15, 0.2) is 0 Å². The fourth-order valence-corrected chi connectivity index (χ4v) is 9.19. The number of rotatable bonds is 5. The summed E-state index contributed by atoms with van der Waals surface area (Å²) in [5.74, 6) is 0.126. The van der Waals surface area contributed by atoms with E-state index in [-0.39, 0.29) is 5.92 Å². The molecule has 0 spiro atoms. The third-order valence-corrected chi connectivity index (χ3v) is 11.6. The van der Waals surface area contributed by atoms with Crippen LogP contribution >= 0.6 is 0 Å². The molecule has 0 saturated heterocycles. The number of fused-ring (bicyclic) bond motifs is 8. The van der Waals surface area contributed by atoms with Gasteiger partial charge >= 0.3 is 0 Å². The van der Waals surface area contributed by atoms with Crippen LogP contribution < -0.4 is 4.90 Å². The lowest BCUT2D eigenvalue weighted by Gasteiger charge is -2.32. The molecule has 9 aromatic carbocycles. The van der Waals surface area contributed by atoms with Crippen LogP contribution in [0.25, 0.3) is 65.7 Å². The third kappa shape index (κ3) is 5.25. The molecule has 1 aliphatic carbocycles. The Morgan fingerprint density at radius 3 is 1.95 bits per heavy atom. The van der Waals surface area contributed by atoms with Gasteiger partial charge in [0.25, 0.3) is 0 Å². The van der Waals surface area contributed by atoms with E-state index in [1.165, 1.54) is 71.6 Å². The summed E-state index contributed by atoms with van der Waals surface area (Å²) in [6, 6.07) is 71.0. The molecule has 0 bridgehead atoms. The first-order chi connectivity index (χ1) is 27.3. The largest absolute Gasteiger partial charge is 0.456 e. The molecule has 10 aromatic rings. The van der Waals surface area contributed by atoms with Crippen molar-refractivity contribution in [3.05, 3.63) is 211 Å². The smallest absolute Gasteiger partial charge is 0.136 e. The lowest BCUT2D eigenvalue weighted by atomic mass is 9.82. The highest BCUT2D eigenvalue weighted by Gasteiger charge is 2.32. The second-order valence-electron chi connectivity index (χ2n) is 14.8. The molecule has 0 aliphatic heterocycles. The van der Waals surface area contributed by atoms with E-state index >= 15 is 0 Å². The van der Waals surface area contributed by atoms with Gasteiger partial charge in [-0.15, -0.1) is 0 Å². The summed E-state index contributed by atoms with van der Waals surface area (Å²) in [7, 11) is 0. The van der Waals surface area contributed by atoms with Crippen molar-refractivity contribution in [1.82, 2.24) is 0 Å². The van der Waals surface area contributed by atoms with E-state index in [0.29, 0.717) is 0 Å². The Bertz CT molecular complexity index is 3050. The maximum Gasteiger partial charge on any atom is 0.136 e. The summed E-state index contributed by atoms with van der Waals surface area (Å²) < 4.78 is 6.67. The molecule has 0 N–H and O–H groups in total. The number of hydrogen-bond acceptors (Lipinski definition) is 2. The minimum absolute atomic E-state index is 0.126. The summed E-state index contributed by atoms with van der Waals surface area (Å²) >= 11 is 0. The Labute approximate surface area is 320 Å². The van der Waals surface area contributed by atoms with Gasteiger partial charge in [-0.05, 0) is 110 Å². The highest BCUT2D eigenvalue weighted by atomic mass is 16.3. The number of nitrogens with zero attached hydrogens (tertiary/aromatic N) is 1. The molecule has 1 heterocycles. The SMILES string of the molecule is c1ccc(-c2c3c(cc4oc5ccccc5c24)CCC(c2ccc4ccccc4c2)c2c-3cccc2N(c2ccccc2)c2ccc3ccccc3c2)cc1. The van der Waals surface area contributed by atoms with Crippen molar-refractivity contribution in [3.8, 4) is 22.3 Å². The number of anilines is 3. The predicted molar refractivity (Wildman–Crippen MR) is 231 cm³/mol. The number of furan rings is 1. The molecule has 1 atom stereocenters. The lowest BCUT2D eigenvalue weighted by molar-refractivity contribution is 0.667. The van der Waals surface area contributed by atoms with Gasteiger partial charge in [-0.3, -0.25) is 0 Å². The van der Waals surface area contributed by atoms with Gasteiger partial charge in [0.1, 0.15) is 11.2 Å². The van der Waals surface area contributed by atoms with Crippen LogP contribution in [0.1, 0.15) is 29.0 Å². The van der Waals surface area contributed by atoms with Crippen LogP contribution in [-0.4, -0.2) is 0 Å². The second-order valence-corrected chi connectivity index (χ2v) is 14.8. The normalized spacial score (nSPS) is 13.9. The average molecular weight is 704 g/mol. The quantitative estimate of drug-likeness (QED) is 0.177.